The highest BCUT2D eigenvalue weighted by Gasteiger charge is 2.44. The molecule has 6 N–H and O–H groups in total. The first kappa shape index (κ1) is 53.2. The van der Waals surface area contributed by atoms with Crippen LogP contribution in [0.4, 0.5) is 0 Å². The number of rotatable bonds is 38. The molecule has 1 aliphatic rings. The van der Waals surface area contributed by atoms with Crippen LogP contribution in [0.2, 0.25) is 0 Å². The summed E-state index contributed by atoms with van der Waals surface area (Å²) in [5.74, 6) is -0.193. The molecule has 9 nitrogen and oxygen atoms in total. The van der Waals surface area contributed by atoms with Gasteiger partial charge in [0, 0.05) is 6.42 Å². The van der Waals surface area contributed by atoms with Crippen LogP contribution in [-0.4, -0.2) is 87.5 Å². The van der Waals surface area contributed by atoms with E-state index in [0.29, 0.717) is 6.42 Å². The fraction of sp³-hybridized carbons (Fsp3) is 0.812. The van der Waals surface area contributed by atoms with Crippen molar-refractivity contribution in [3.8, 4) is 0 Å². The maximum atomic E-state index is 13.0. The number of hydrogen-bond acceptors (Lipinski definition) is 8. The highest BCUT2D eigenvalue weighted by Crippen LogP contribution is 2.22. The minimum atomic E-state index is -1.57. The van der Waals surface area contributed by atoms with E-state index in [1.807, 2.05) is 6.08 Å². The maximum absolute atomic E-state index is 13.0. The van der Waals surface area contributed by atoms with Crippen LogP contribution in [0.3, 0.4) is 0 Å². The molecule has 0 aromatic heterocycles. The summed E-state index contributed by atoms with van der Waals surface area (Å²) in [6.07, 6.45) is 41.5. The van der Waals surface area contributed by atoms with Gasteiger partial charge in [-0.15, -0.1) is 0 Å². The van der Waals surface area contributed by atoms with E-state index < -0.39 is 49.5 Å². The number of nitrogens with one attached hydrogen (secondary N) is 1. The molecule has 0 aliphatic carbocycles. The highest BCUT2D eigenvalue weighted by molar-refractivity contribution is 5.76. The summed E-state index contributed by atoms with van der Waals surface area (Å²) >= 11 is 0. The molecule has 0 aromatic rings. The van der Waals surface area contributed by atoms with Crippen LogP contribution in [0, 0.1) is 0 Å². The van der Waals surface area contributed by atoms with E-state index in [9.17, 15) is 30.3 Å². The second kappa shape index (κ2) is 38.4. The summed E-state index contributed by atoms with van der Waals surface area (Å²) in [6, 6.07) is -0.823. The number of allylic oxidation sites excluding steroid dienone is 7. The van der Waals surface area contributed by atoms with Gasteiger partial charge in [0.15, 0.2) is 6.29 Å². The number of amides is 1. The Morgan fingerprint density at radius 2 is 1.05 bits per heavy atom. The molecule has 7 atom stereocenters. The molecule has 1 rings (SSSR count). The van der Waals surface area contributed by atoms with E-state index in [-0.39, 0.29) is 12.5 Å². The van der Waals surface area contributed by atoms with Crippen molar-refractivity contribution in [3.05, 3.63) is 48.6 Å². The standard InChI is InChI=1S/C48H87NO8/c1-3-5-7-9-11-13-15-17-18-19-20-21-22-23-24-26-28-30-32-34-36-38-44(52)49-41(40-56-48-47(55)46(54)45(53)43(39-50)57-48)42(51)37-35-33-31-29-27-25-16-14-12-10-8-6-4-2/h15,17,19-20,27,29,35,37,41-43,45-48,50-51,53-55H,3-14,16,18,21-26,28,30-34,36,38-40H2,1-2H3,(H,49,52)/b17-15-,20-19-,29-27+,37-35+. The van der Waals surface area contributed by atoms with Gasteiger partial charge < -0.3 is 40.3 Å². The Hall–Kier alpha value is -1.85. The van der Waals surface area contributed by atoms with Crippen molar-refractivity contribution in [2.24, 2.45) is 0 Å². The van der Waals surface area contributed by atoms with Crippen molar-refractivity contribution in [1.29, 1.82) is 0 Å². The predicted molar refractivity (Wildman–Crippen MR) is 235 cm³/mol. The molecule has 7 unspecified atom stereocenters. The third kappa shape index (κ3) is 29.1. The lowest BCUT2D eigenvalue weighted by molar-refractivity contribution is -0.302. The third-order valence-corrected chi connectivity index (χ3v) is 10.9. The zero-order chi connectivity index (χ0) is 41.6. The second-order valence-corrected chi connectivity index (χ2v) is 16.2. The van der Waals surface area contributed by atoms with Crippen molar-refractivity contribution in [1.82, 2.24) is 5.32 Å². The Morgan fingerprint density at radius 3 is 1.58 bits per heavy atom. The summed E-state index contributed by atoms with van der Waals surface area (Å²) in [7, 11) is 0. The van der Waals surface area contributed by atoms with Crippen LogP contribution in [0.5, 0.6) is 0 Å². The minimum Gasteiger partial charge on any atom is -0.394 e. The Balaban J connectivity index is 2.34. The van der Waals surface area contributed by atoms with Gasteiger partial charge in [-0.25, -0.2) is 0 Å². The van der Waals surface area contributed by atoms with Gasteiger partial charge >= 0.3 is 0 Å². The number of aliphatic hydroxyl groups excluding tert-OH is 5. The molecule has 0 aromatic carbocycles. The Kier molecular flexibility index (Phi) is 35.8. The van der Waals surface area contributed by atoms with Gasteiger partial charge in [0.1, 0.15) is 24.4 Å². The van der Waals surface area contributed by atoms with Gasteiger partial charge in [0.2, 0.25) is 5.91 Å². The molecule has 57 heavy (non-hydrogen) atoms. The number of hydrogen-bond donors (Lipinski definition) is 6. The summed E-state index contributed by atoms with van der Waals surface area (Å²) in [6.45, 7) is 3.72. The van der Waals surface area contributed by atoms with Gasteiger partial charge in [0.05, 0.1) is 25.4 Å². The Morgan fingerprint density at radius 1 is 0.596 bits per heavy atom. The normalized spacial score (nSPS) is 21.4. The van der Waals surface area contributed by atoms with Gasteiger partial charge in [-0.05, 0) is 64.2 Å². The molecule has 0 saturated carbocycles. The fourth-order valence-corrected chi connectivity index (χ4v) is 7.08. The molecule has 1 saturated heterocycles. The van der Waals surface area contributed by atoms with E-state index in [2.05, 4.69) is 55.6 Å². The van der Waals surface area contributed by atoms with Crippen molar-refractivity contribution in [3.63, 3.8) is 0 Å². The van der Waals surface area contributed by atoms with Crippen LogP contribution in [0.1, 0.15) is 194 Å². The first-order valence-corrected chi connectivity index (χ1v) is 23.4. The molecular formula is C48H87NO8. The fourth-order valence-electron chi connectivity index (χ4n) is 7.08. The first-order valence-electron chi connectivity index (χ1n) is 23.4. The number of carbonyl (C=O) groups excluding carboxylic acids is 1. The third-order valence-electron chi connectivity index (χ3n) is 10.9. The van der Waals surface area contributed by atoms with E-state index in [1.165, 1.54) is 122 Å². The monoisotopic (exact) mass is 806 g/mol. The lowest BCUT2D eigenvalue weighted by Crippen LogP contribution is -2.60. The van der Waals surface area contributed by atoms with Crippen molar-refractivity contribution in [2.75, 3.05) is 13.2 Å². The first-order chi connectivity index (χ1) is 27.8. The molecule has 0 radical (unpaired) electrons. The molecule has 1 heterocycles. The van der Waals surface area contributed by atoms with E-state index >= 15 is 0 Å². The quantitative estimate of drug-likeness (QED) is 0.0267. The molecule has 1 fully saturated rings. The van der Waals surface area contributed by atoms with E-state index in [0.717, 1.165) is 51.4 Å². The van der Waals surface area contributed by atoms with Gasteiger partial charge in [-0.2, -0.15) is 0 Å². The average Bonchev–Trinajstić information content (AvgIpc) is 3.21. The van der Waals surface area contributed by atoms with Crippen molar-refractivity contribution in [2.45, 2.75) is 236 Å². The van der Waals surface area contributed by atoms with E-state index in [1.54, 1.807) is 6.08 Å². The Labute approximate surface area is 348 Å². The molecule has 9 heteroatoms. The Bertz CT molecular complexity index is 1030. The molecule has 0 spiro atoms. The minimum absolute atomic E-state index is 0.193. The largest absolute Gasteiger partial charge is 0.394 e. The van der Waals surface area contributed by atoms with E-state index in [4.69, 9.17) is 9.47 Å². The maximum Gasteiger partial charge on any atom is 0.220 e. The van der Waals surface area contributed by atoms with Crippen LogP contribution in [0.25, 0.3) is 0 Å². The summed E-state index contributed by atoms with van der Waals surface area (Å²) in [4.78, 5) is 13.0. The topological polar surface area (TPSA) is 149 Å². The zero-order valence-corrected chi connectivity index (χ0v) is 36.3. The predicted octanol–water partition coefficient (Wildman–Crippen LogP) is 9.84. The molecule has 1 aliphatic heterocycles. The second-order valence-electron chi connectivity index (χ2n) is 16.2. The highest BCUT2D eigenvalue weighted by atomic mass is 16.7. The molecule has 332 valence electrons. The number of aliphatic hydroxyl groups is 5. The van der Waals surface area contributed by atoms with Gasteiger partial charge in [0.25, 0.3) is 0 Å². The molecular weight excluding hydrogens is 719 g/mol. The average molecular weight is 806 g/mol. The van der Waals surface area contributed by atoms with Crippen LogP contribution < -0.4 is 5.32 Å². The van der Waals surface area contributed by atoms with Gasteiger partial charge in [-0.3, -0.25) is 4.79 Å². The number of ether oxygens (including phenoxy) is 2. The van der Waals surface area contributed by atoms with Gasteiger partial charge in [-0.1, -0.05) is 172 Å². The number of carbonyl (C=O) groups is 1. The smallest absolute Gasteiger partial charge is 0.220 e. The molecule has 0 bridgehead atoms. The molecule has 1 amide bonds. The summed E-state index contributed by atoms with van der Waals surface area (Å²) < 4.78 is 11.2. The lowest BCUT2D eigenvalue weighted by Gasteiger charge is -2.40. The van der Waals surface area contributed by atoms with Crippen LogP contribution in [-0.2, 0) is 14.3 Å². The number of unbranched alkanes of at least 4 members (excludes halogenated alkanes) is 22. The lowest BCUT2D eigenvalue weighted by atomic mass is 9.99. The summed E-state index contributed by atoms with van der Waals surface area (Å²) in [5, 5.41) is 54.1. The summed E-state index contributed by atoms with van der Waals surface area (Å²) in [5.41, 5.74) is 0. The van der Waals surface area contributed by atoms with Crippen molar-refractivity contribution < 1.29 is 39.8 Å². The zero-order valence-electron chi connectivity index (χ0n) is 36.3. The SMILES string of the molecule is CCCCCCC/C=C\C/C=C\CCCCCCCCCCCC(=O)NC(COC1OC(CO)C(O)C(O)C1O)C(O)/C=C/CC/C=C/CCCCCCCCC. The van der Waals surface area contributed by atoms with Crippen LogP contribution >= 0.6 is 0 Å². The van der Waals surface area contributed by atoms with Crippen molar-refractivity contribution >= 4 is 5.91 Å². The van der Waals surface area contributed by atoms with Crippen LogP contribution in [0.15, 0.2) is 48.6 Å².